The highest BCUT2D eigenvalue weighted by Gasteiger charge is 1.92. The Kier molecular flexibility index (Phi) is 16.4. The zero-order valence-electron chi connectivity index (χ0n) is 14.5. The van der Waals surface area contributed by atoms with Crippen LogP contribution in [0.15, 0.2) is 12.3 Å². The lowest BCUT2D eigenvalue weighted by atomic mass is 10.1. The summed E-state index contributed by atoms with van der Waals surface area (Å²) >= 11 is 0. The summed E-state index contributed by atoms with van der Waals surface area (Å²) in [5, 5.41) is 0. The summed E-state index contributed by atoms with van der Waals surface area (Å²) in [6.45, 7) is 8.62. The highest BCUT2D eigenvalue weighted by molar-refractivity contribution is 4.98. The summed E-state index contributed by atoms with van der Waals surface area (Å²) < 4.78 is 5.29. The molecule has 0 fully saturated rings. The van der Waals surface area contributed by atoms with Crippen LogP contribution in [-0.4, -0.2) is 6.61 Å². The van der Waals surface area contributed by atoms with E-state index >= 15 is 0 Å². The Morgan fingerprint density at radius 1 is 0.762 bits per heavy atom. The molecule has 0 atom stereocenters. The standard InChI is InChI=1S/C20H36O/c1-4-5-6-7-8-9-10-11-12-13-14-15-16-17-18-19-21-20(2)3/h2,4-14,17-19H2,1,3H3. The predicted octanol–water partition coefficient (Wildman–Crippen LogP) is 6.63. The maximum absolute atomic E-state index is 5.29. The third-order valence-electron chi connectivity index (χ3n) is 3.57. The first kappa shape index (κ1) is 20.1. The molecule has 0 rings (SSSR count). The normalized spacial score (nSPS) is 10.0. The average molecular weight is 293 g/mol. The molecule has 0 aromatic heterocycles. The Bertz CT molecular complexity index is 282. The molecule has 0 radical (unpaired) electrons. The average Bonchev–Trinajstić information content (AvgIpc) is 2.46. The summed E-state index contributed by atoms with van der Waals surface area (Å²) in [7, 11) is 0. The van der Waals surface area contributed by atoms with Gasteiger partial charge in [0.2, 0.25) is 0 Å². The molecule has 0 aliphatic rings. The van der Waals surface area contributed by atoms with Crippen molar-refractivity contribution in [1.82, 2.24) is 0 Å². The minimum absolute atomic E-state index is 0.752. The molecule has 0 aliphatic carbocycles. The largest absolute Gasteiger partial charge is 0.499 e. The van der Waals surface area contributed by atoms with Crippen LogP contribution in [0.3, 0.4) is 0 Å². The number of ether oxygens (including phenoxy) is 1. The van der Waals surface area contributed by atoms with Gasteiger partial charge in [-0.15, -0.1) is 11.8 Å². The van der Waals surface area contributed by atoms with Crippen LogP contribution >= 0.6 is 0 Å². The first-order chi connectivity index (χ1) is 10.3. The Morgan fingerprint density at radius 2 is 1.24 bits per heavy atom. The molecule has 0 amide bonds. The van der Waals surface area contributed by atoms with Crippen LogP contribution in [0.5, 0.6) is 0 Å². The lowest BCUT2D eigenvalue weighted by molar-refractivity contribution is 0.213. The molecule has 0 aromatic carbocycles. The van der Waals surface area contributed by atoms with Gasteiger partial charge in [0.15, 0.2) is 0 Å². The monoisotopic (exact) mass is 292 g/mol. The topological polar surface area (TPSA) is 9.23 Å². The van der Waals surface area contributed by atoms with Gasteiger partial charge in [-0.05, 0) is 19.8 Å². The second kappa shape index (κ2) is 17.2. The van der Waals surface area contributed by atoms with Crippen molar-refractivity contribution in [2.75, 3.05) is 6.61 Å². The van der Waals surface area contributed by atoms with Crippen LogP contribution in [-0.2, 0) is 4.74 Å². The Morgan fingerprint density at radius 3 is 1.76 bits per heavy atom. The predicted molar refractivity (Wildman–Crippen MR) is 94.2 cm³/mol. The van der Waals surface area contributed by atoms with Gasteiger partial charge in [0.05, 0.1) is 12.4 Å². The molecule has 0 saturated heterocycles. The summed E-state index contributed by atoms with van der Waals surface area (Å²) in [6, 6.07) is 0. The number of rotatable bonds is 14. The zero-order valence-corrected chi connectivity index (χ0v) is 14.5. The molecule has 0 aliphatic heterocycles. The van der Waals surface area contributed by atoms with Crippen LogP contribution < -0.4 is 0 Å². The molecule has 1 heteroatoms. The fraction of sp³-hybridized carbons (Fsp3) is 0.800. The van der Waals surface area contributed by atoms with E-state index in [1.807, 2.05) is 6.92 Å². The highest BCUT2D eigenvalue weighted by Crippen LogP contribution is 2.10. The van der Waals surface area contributed by atoms with Gasteiger partial charge in [0.25, 0.3) is 0 Å². The summed E-state index contributed by atoms with van der Waals surface area (Å²) in [4.78, 5) is 0. The SMILES string of the molecule is C=C(C)OCCCC#CCCCCCCCCCCCC. The molecule has 0 unspecified atom stereocenters. The van der Waals surface area contributed by atoms with E-state index in [9.17, 15) is 0 Å². The smallest absolute Gasteiger partial charge is 0.0886 e. The van der Waals surface area contributed by atoms with Gasteiger partial charge in [-0.2, -0.15) is 0 Å². The van der Waals surface area contributed by atoms with Gasteiger partial charge >= 0.3 is 0 Å². The molecule has 0 saturated carbocycles. The number of hydrogen-bond acceptors (Lipinski definition) is 1. The van der Waals surface area contributed by atoms with Crippen LogP contribution in [0.25, 0.3) is 0 Å². The van der Waals surface area contributed by atoms with E-state index in [4.69, 9.17) is 4.74 Å². The van der Waals surface area contributed by atoms with Crippen LogP contribution in [0, 0.1) is 11.8 Å². The Labute approximate surface area is 133 Å². The molecule has 0 heterocycles. The van der Waals surface area contributed by atoms with Crippen molar-refractivity contribution < 1.29 is 4.74 Å². The molecule has 0 N–H and O–H groups in total. The van der Waals surface area contributed by atoms with Crippen molar-refractivity contribution in [2.45, 2.75) is 97.3 Å². The molecular formula is C20H36O. The van der Waals surface area contributed by atoms with Crippen molar-refractivity contribution in [2.24, 2.45) is 0 Å². The second-order valence-electron chi connectivity index (χ2n) is 5.94. The minimum atomic E-state index is 0.752. The maximum atomic E-state index is 5.29. The second-order valence-corrected chi connectivity index (χ2v) is 5.94. The van der Waals surface area contributed by atoms with E-state index in [0.717, 1.165) is 31.6 Å². The molecule has 0 aromatic rings. The van der Waals surface area contributed by atoms with Crippen molar-refractivity contribution in [1.29, 1.82) is 0 Å². The molecule has 21 heavy (non-hydrogen) atoms. The quantitative estimate of drug-likeness (QED) is 0.198. The molecule has 122 valence electrons. The lowest BCUT2D eigenvalue weighted by Crippen LogP contribution is -1.89. The van der Waals surface area contributed by atoms with Crippen LogP contribution in [0.4, 0.5) is 0 Å². The number of unbranched alkanes of at least 4 members (excludes halogenated alkanes) is 11. The van der Waals surface area contributed by atoms with Crippen LogP contribution in [0.1, 0.15) is 97.3 Å². The summed E-state index contributed by atoms with van der Waals surface area (Å²) in [6.07, 6.45) is 17.0. The maximum Gasteiger partial charge on any atom is 0.0886 e. The van der Waals surface area contributed by atoms with Crippen molar-refractivity contribution in [3.05, 3.63) is 12.3 Å². The molecule has 0 bridgehead atoms. The Balaban J connectivity index is 3.10. The van der Waals surface area contributed by atoms with Gasteiger partial charge in [-0.25, -0.2) is 0 Å². The van der Waals surface area contributed by atoms with E-state index in [1.54, 1.807) is 0 Å². The number of hydrogen-bond donors (Lipinski definition) is 0. The third-order valence-corrected chi connectivity index (χ3v) is 3.57. The summed E-state index contributed by atoms with van der Waals surface area (Å²) in [5.74, 6) is 7.30. The third kappa shape index (κ3) is 19.1. The first-order valence-corrected chi connectivity index (χ1v) is 9.01. The molecule has 1 nitrogen and oxygen atoms in total. The van der Waals surface area contributed by atoms with Gasteiger partial charge in [0.1, 0.15) is 0 Å². The highest BCUT2D eigenvalue weighted by atomic mass is 16.5. The van der Waals surface area contributed by atoms with E-state index in [-0.39, 0.29) is 0 Å². The molecule has 0 spiro atoms. The van der Waals surface area contributed by atoms with Crippen LogP contribution in [0.2, 0.25) is 0 Å². The zero-order chi connectivity index (χ0) is 15.6. The Hall–Kier alpha value is -0.900. The fourth-order valence-corrected chi connectivity index (χ4v) is 2.28. The van der Waals surface area contributed by atoms with Gasteiger partial charge in [0, 0.05) is 12.8 Å². The van der Waals surface area contributed by atoms with Gasteiger partial charge in [-0.3, -0.25) is 0 Å². The van der Waals surface area contributed by atoms with Gasteiger partial charge in [-0.1, -0.05) is 71.3 Å². The van der Waals surface area contributed by atoms with Crippen molar-refractivity contribution in [3.8, 4) is 11.8 Å². The molecular weight excluding hydrogens is 256 g/mol. The lowest BCUT2D eigenvalue weighted by Gasteiger charge is -2.01. The van der Waals surface area contributed by atoms with E-state index < -0.39 is 0 Å². The van der Waals surface area contributed by atoms with E-state index in [0.29, 0.717) is 0 Å². The van der Waals surface area contributed by atoms with E-state index in [1.165, 1.54) is 64.2 Å². The first-order valence-electron chi connectivity index (χ1n) is 9.01. The number of allylic oxidation sites excluding steroid dienone is 1. The van der Waals surface area contributed by atoms with Crippen molar-refractivity contribution >= 4 is 0 Å². The van der Waals surface area contributed by atoms with Gasteiger partial charge < -0.3 is 4.74 Å². The minimum Gasteiger partial charge on any atom is -0.499 e. The van der Waals surface area contributed by atoms with Crippen molar-refractivity contribution in [3.63, 3.8) is 0 Å². The fourth-order valence-electron chi connectivity index (χ4n) is 2.28. The summed E-state index contributed by atoms with van der Waals surface area (Å²) in [5.41, 5.74) is 0. The van der Waals surface area contributed by atoms with E-state index in [2.05, 4.69) is 25.3 Å².